The average Bonchev–Trinajstić information content (AvgIpc) is 3.15. The molecule has 8 heteroatoms. The van der Waals surface area contributed by atoms with Gasteiger partial charge in [0.15, 0.2) is 0 Å². The van der Waals surface area contributed by atoms with Crippen LogP contribution in [0, 0.1) is 17.6 Å². The molecule has 0 radical (unpaired) electrons. The summed E-state index contributed by atoms with van der Waals surface area (Å²) < 4.78 is 26.6. The SMILES string of the molecule is CC(NC(=O)N1CCC(CN2CCCC2)CC1)c1cc(F)cc(F)c1.O=CO. The fourth-order valence-corrected chi connectivity index (χ4v) is 3.83. The number of benzene rings is 1. The Morgan fingerprint density at radius 2 is 1.71 bits per heavy atom. The zero-order valence-corrected chi connectivity index (χ0v) is 16.2. The lowest BCUT2D eigenvalue weighted by molar-refractivity contribution is -0.122. The summed E-state index contributed by atoms with van der Waals surface area (Å²) in [6.45, 7) is 6.55. The van der Waals surface area contributed by atoms with Crippen molar-refractivity contribution < 1.29 is 23.5 Å². The van der Waals surface area contributed by atoms with Crippen LogP contribution >= 0.6 is 0 Å². The van der Waals surface area contributed by atoms with Crippen LogP contribution in [0.15, 0.2) is 18.2 Å². The van der Waals surface area contributed by atoms with Gasteiger partial charge in [0.25, 0.3) is 6.47 Å². The number of urea groups is 1. The maximum absolute atomic E-state index is 13.3. The second-order valence-electron chi connectivity index (χ2n) is 7.42. The summed E-state index contributed by atoms with van der Waals surface area (Å²) in [7, 11) is 0. The Balaban J connectivity index is 0.000000878. The standard InChI is InChI=1S/C19H27F2N3O.CH2O2/c1-14(16-10-17(20)12-18(21)11-16)22-19(25)24-8-4-15(5-9-24)13-23-6-2-3-7-23;2-1-3/h10-12,14-15H,2-9,13H2,1H3,(H,22,25);1H,(H,2,3). The van der Waals surface area contributed by atoms with Crippen molar-refractivity contribution in [3.05, 3.63) is 35.4 Å². The van der Waals surface area contributed by atoms with Gasteiger partial charge in [-0.1, -0.05) is 0 Å². The monoisotopic (exact) mass is 397 g/mol. The molecule has 156 valence electrons. The van der Waals surface area contributed by atoms with E-state index in [1.165, 1.54) is 38.1 Å². The quantitative estimate of drug-likeness (QED) is 0.765. The maximum atomic E-state index is 13.3. The highest BCUT2D eigenvalue weighted by Crippen LogP contribution is 2.22. The minimum Gasteiger partial charge on any atom is -0.483 e. The van der Waals surface area contributed by atoms with E-state index >= 15 is 0 Å². The van der Waals surface area contributed by atoms with Crippen molar-refractivity contribution in [2.75, 3.05) is 32.7 Å². The predicted octanol–water partition coefficient (Wildman–Crippen LogP) is 3.24. The Bertz CT molecular complexity index is 625. The molecule has 2 heterocycles. The zero-order valence-electron chi connectivity index (χ0n) is 16.2. The topological polar surface area (TPSA) is 72.9 Å². The van der Waals surface area contributed by atoms with E-state index in [2.05, 4.69) is 10.2 Å². The first-order valence-electron chi connectivity index (χ1n) is 9.74. The summed E-state index contributed by atoms with van der Waals surface area (Å²) >= 11 is 0. The number of amides is 2. The van der Waals surface area contributed by atoms with Gasteiger partial charge in [-0.2, -0.15) is 0 Å². The van der Waals surface area contributed by atoms with Crippen molar-refractivity contribution >= 4 is 12.5 Å². The van der Waals surface area contributed by atoms with Crippen LogP contribution < -0.4 is 5.32 Å². The van der Waals surface area contributed by atoms with Gasteiger partial charge in [0.2, 0.25) is 0 Å². The summed E-state index contributed by atoms with van der Waals surface area (Å²) in [6, 6.07) is 2.77. The van der Waals surface area contributed by atoms with Gasteiger partial charge in [0, 0.05) is 25.7 Å². The number of halogens is 2. The molecule has 2 fully saturated rings. The lowest BCUT2D eigenvalue weighted by atomic mass is 9.96. The number of carbonyl (C=O) groups is 2. The van der Waals surface area contributed by atoms with Crippen molar-refractivity contribution in [1.29, 1.82) is 0 Å². The molecular weight excluding hydrogens is 368 g/mol. The van der Waals surface area contributed by atoms with Crippen LogP contribution in [0.1, 0.15) is 44.2 Å². The molecule has 2 saturated heterocycles. The van der Waals surface area contributed by atoms with Crippen LogP contribution in [0.4, 0.5) is 13.6 Å². The third-order valence-electron chi connectivity index (χ3n) is 5.34. The molecule has 0 spiro atoms. The first kappa shape index (κ1) is 22.1. The average molecular weight is 397 g/mol. The number of hydrogen-bond donors (Lipinski definition) is 2. The van der Waals surface area contributed by atoms with Crippen LogP contribution in [0.2, 0.25) is 0 Å². The second-order valence-corrected chi connectivity index (χ2v) is 7.42. The summed E-state index contributed by atoms with van der Waals surface area (Å²) in [6.07, 6.45) is 4.65. The van der Waals surface area contributed by atoms with Gasteiger partial charge in [-0.05, 0) is 69.3 Å². The highest BCUT2D eigenvalue weighted by molar-refractivity contribution is 5.74. The highest BCUT2D eigenvalue weighted by Gasteiger charge is 2.26. The molecule has 28 heavy (non-hydrogen) atoms. The molecule has 1 unspecified atom stereocenters. The number of piperidine rings is 1. The van der Waals surface area contributed by atoms with E-state index in [4.69, 9.17) is 9.90 Å². The molecule has 0 aromatic heterocycles. The van der Waals surface area contributed by atoms with Gasteiger partial charge in [0.05, 0.1) is 6.04 Å². The van der Waals surface area contributed by atoms with Crippen LogP contribution in [-0.2, 0) is 4.79 Å². The molecule has 3 rings (SSSR count). The largest absolute Gasteiger partial charge is 0.483 e. The number of rotatable bonds is 4. The maximum Gasteiger partial charge on any atom is 0.317 e. The Morgan fingerprint density at radius 3 is 2.25 bits per heavy atom. The van der Waals surface area contributed by atoms with E-state index in [9.17, 15) is 13.6 Å². The molecule has 2 aliphatic rings. The van der Waals surface area contributed by atoms with E-state index in [-0.39, 0.29) is 12.5 Å². The van der Waals surface area contributed by atoms with E-state index in [1.54, 1.807) is 6.92 Å². The van der Waals surface area contributed by atoms with Crippen LogP contribution in [0.25, 0.3) is 0 Å². The number of carboxylic acid groups (broad SMARTS) is 1. The van der Waals surface area contributed by atoms with Crippen molar-refractivity contribution in [3.8, 4) is 0 Å². The first-order chi connectivity index (χ1) is 13.4. The predicted molar refractivity (Wildman–Crippen MR) is 102 cm³/mol. The lowest BCUT2D eigenvalue weighted by Crippen LogP contribution is -2.46. The number of carbonyl (C=O) groups excluding carboxylic acids is 1. The number of hydrogen-bond acceptors (Lipinski definition) is 3. The number of likely N-dealkylation sites (tertiary alicyclic amines) is 2. The third-order valence-corrected chi connectivity index (χ3v) is 5.34. The molecule has 6 nitrogen and oxygen atoms in total. The Morgan fingerprint density at radius 1 is 1.18 bits per heavy atom. The fraction of sp³-hybridized carbons (Fsp3) is 0.600. The first-order valence-corrected chi connectivity index (χ1v) is 9.74. The minimum absolute atomic E-state index is 0.156. The summed E-state index contributed by atoms with van der Waals surface area (Å²) in [5.41, 5.74) is 0.440. The Kier molecular flexibility index (Phi) is 8.63. The molecule has 0 aliphatic carbocycles. The molecule has 1 atom stereocenters. The highest BCUT2D eigenvalue weighted by atomic mass is 19.1. The van der Waals surface area contributed by atoms with Crippen molar-refractivity contribution in [3.63, 3.8) is 0 Å². The van der Waals surface area contributed by atoms with E-state index < -0.39 is 17.7 Å². The van der Waals surface area contributed by atoms with Crippen molar-refractivity contribution in [1.82, 2.24) is 15.1 Å². The smallest absolute Gasteiger partial charge is 0.317 e. The van der Waals surface area contributed by atoms with Gasteiger partial charge in [-0.3, -0.25) is 4.79 Å². The lowest BCUT2D eigenvalue weighted by Gasteiger charge is -2.34. The van der Waals surface area contributed by atoms with Crippen molar-refractivity contribution in [2.24, 2.45) is 5.92 Å². The molecular formula is C20H29F2N3O3. The number of nitrogens with one attached hydrogen (secondary N) is 1. The summed E-state index contributed by atoms with van der Waals surface area (Å²) in [4.78, 5) is 25.1. The number of nitrogens with zero attached hydrogens (tertiary/aromatic N) is 2. The molecule has 2 amide bonds. The van der Waals surface area contributed by atoms with Gasteiger partial charge >= 0.3 is 6.03 Å². The normalized spacial score (nSPS) is 18.9. The van der Waals surface area contributed by atoms with E-state index in [0.717, 1.165) is 38.5 Å². The molecule has 0 bridgehead atoms. The van der Waals surface area contributed by atoms with Gasteiger partial charge in [-0.25, -0.2) is 13.6 Å². The molecule has 0 saturated carbocycles. The fourth-order valence-electron chi connectivity index (χ4n) is 3.83. The third kappa shape index (κ3) is 6.74. The van der Waals surface area contributed by atoms with Crippen LogP contribution in [0.5, 0.6) is 0 Å². The zero-order chi connectivity index (χ0) is 20.5. The van der Waals surface area contributed by atoms with Crippen LogP contribution in [0.3, 0.4) is 0 Å². The van der Waals surface area contributed by atoms with Crippen LogP contribution in [-0.4, -0.2) is 60.1 Å². The van der Waals surface area contributed by atoms with E-state index in [1.807, 2.05) is 4.90 Å². The van der Waals surface area contributed by atoms with Gasteiger partial charge in [-0.15, -0.1) is 0 Å². The summed E-state index contributed by atoms with van der Waals surface area (Å²) in [5, 5.41) is 9.74. The molecule has 1 aromatic carbocycles. The second kappa shape index (κ2) is 10.9. The minimum atomic E-state index is -0.626. The summed E-state index contributed by atoms with van der Waals surface area (Å²) in [5.74, 6) is -0.588. The van der Waals surface area contributed by atoms with Crippen molar-refractivity contribution in [2.45, 2.75) is 38.6 Å². The van der Waals surface area contributed by atoms with E-state index in [0.29, 0.717) is 11.5 Å². The molecule has 2 aliphatic heterocycles. The Labute approximate surface area is 164 Å². The molecule has 1 aromatic rings. The molecule has 2 N–H and O–H groups in total. The van der Waals surface area contributed by atoms with Gasteiger partial charge in [0.1, 0.15) is 11.6 Å². The Hall–Kier alpha value is -2.22. The van der Waals surface area contributed by atoms with Gasteiger partial charge < -0.3 is 20.2 Å².